The second-order valence-corrected chi connectivity index (χ2v) is 5.08. The zero-order valence-corrected chi connectivity index (χ0v) is 10.6. The molecule has 0 heterocycles. The molecular weight excluding hydrogens is 218 g/mol. The Labute approximate surface area is 102 Å². The van der Waals surface area contributed by atoms with E-state index in [0.717, 1.165) is 24.7 Å². The summed E-state index contributed by atoms with van der Waals surface area (Å²) in [4.78, 5) is 25.2. The molecule has 4 heteroatoms. The van der Waals surface area contributed by atoms with Crippen LogP contribution in [-0.4, -0.2) is 36.5 Å². The largest absolute Gasteiger partial charge is 0.465 e. The van der Waals surface area contributed by atoms with Crippen molar-refractivity contribution in [3.05, 3.63) is 0 Å². The molecule has 96 valence electrons. The second kappa shape index (κ2) is 5.07. The highest BCUT2D eigenvalue weighted by Gasteiger charge is 2.48. The fourth-order valence-electron chi connectivity index (χ4n) is 2.88. The van der Waals surface area contributed by atoms with Crippen LogP contribution in [0.25, 0.3) is 0 Å². The standard InChI is InChI=1S/C13H21NO3/c1-3-14(8-12(15)17-4-2)13(16)11-6-9-5-10(9)7-11/h9-11H,3-8H2,1-2H3. The van der Waals surface area contributed by atoms with Gasteiger partial charge >= 0.3 is 5.97 Å². The summed E-state index contributed by atoms with van der Waals surface area (Å²) < 4.78 is 4.88. The average Bonchev–Trinajstić information content (AvgIpc) is 2.92. The van der Waals surface area contributed by atoms with Crippen LogP contribution in [0.3, 0.4) is 0 Å². The number of hydrogen-bond donors (Lipinski definition) is 0. The van der Waals surface area contributed by atoms with E-state index in [9.17, 15) is 9.59 Å². The summed E-state index contributed by atoms with van der Waals surface area (Å²) >= 11 is 0. The third kappa shape index (κ3) is 2.79. The Kier molecular flexibility index (Phi) is 3.69. The predicted molar refractivity (Wildman–Crippen MR) is 63.2 cm³/mol. The summed E-state index contributed by atoms with van der Waals surface area (Å²) in [5.41, 5.74) is 0. The van der Waals surface area contributed by atoms with Crippen molar-refractivity contribution < 1.29 is 14.3 Å². The van der Waals surface area contributed by atoms with Crippen molar-refractivity contribution in [2.75, 3.05) is 19.7 Å². The second-order valence-electron chi connectivity index (χ2n) is 5.08. The van der Waals surface area contributed by atoms with Crippen LogP contribution >= 0.6 is 0 Å². The van der Waals surface area contributed by atoms with Crippen LogP contribution in [0.15, 0.2) is 0 Å². The molecule has 0 bridgehead atoms. The van der Waals surface area contributed by atoms with Crippen molar-refractivity contribution in [1.82, 2.24) is 4.90 Å². The van der Waals surface area contributed by atoms with Gasteiger partial charge < -0.3 is 9.64 Å². The lowest BCUT2D eigenvalue weighted by Crippen LogP contribution is -2.39. The zero-order valence-electron chi connectivity index (χ0n) is 10.6. The van der Waals surface area contributed by atoms with Gasteiger partial charge in [0, 0.05) is 12.5 Å². The molecule has 2 aliphatic carbocycles. The van der Waals surface area contributed by atoms with Crippen LogP contribution in [0.4, 0.5) is 0 Å². The molecule has 0 aromatic rings. The van der Waals surface area contributed by atoms with Gasteiger partial charge in [0.2, 0.25) is 5.91 Å². The van der Waals surface area contributed by atoms with Gasteiger partial charge in [0.05, 0.1) is 6.61 Å². The minimum Gasteiger partial charge on any atom is -0.465 e. The van der Waals surface area contributed by atoms with Gasteiger partial charge in [0.25, 0.3) is 0 Å². The lowest BCUT2D eigenvalue weighted by Gasteiger charge is -2.23. The summed E-state index contributed by atoms with van der Waals surface area (Å²) in [6.45, 7) is 4.75. The van der Waals surface area contributed by atoms with Crippen LogP contribution in [0, 0.1) is 17.8 Å². The Balaban J connectivity index is 1.84. The number of carbonyl (C=O) groups is 2. The average molecular weight is 239 g/mol. The first kappa shape index (κ1) is 12.4. The summed E-state index contributed by atoms with van der Waals surface area (Å²) in [7, 11) is 0. The van der Waals surface area contributed by atoms with Crippen molar-refractivity contribution in [2.45, 2.75) is 33.1 Å². The first-order valence-electron chi connectivity index (χ1n) is 6.60. The van der Waals surface area contributed by atoms with E-state index in [-0.39, 0.29) is 24.3 Å². The number of nitrogens with zero attached hydrogens (tertiary/aromatic N) is 1. The quantitative estimate of drug-likeness (QED) is 0.682. The molecule has 1 amide bonds. The third-order valence-electron chi connectivity index (χ3n) is 3.91. The Morgan fingerprint density at radius 2 is 1.82 bits per heavy atom. The smallest absolute Gasteiger partial charge is 0.325 e. The molecule has 0 spiro atoms. The van der Waals surface area contributed by atoms with Crippen molar-refractivity contribution in [3.8, 4) is 0 Å². The molecule has 0 aliphatic heterocycles. The number of rotatable bonds is 5. The molecule has 0 saturated heterocycles. The molecule has 0 aromatic carbocycles. The normalized spacial score (nSPS) is 29.6. The highest BCUT2D eigenvalue weighted by Crippen LogP contribution is 2.54. The number of likely N-dealkylation sites (N-methyl/N-ethyl adjacent to an activating group) is 1. The summed E-state index contributed by atoms with van der Waals surface area (Å²) in [5, 5.41) is 0. The van der Waals surface area contributed by atoms with Gasteiger partial charge in [0.15, 0.2) is 0 Å². The molecule has 2 rings (SSSR count). The molecule has 4 nitrogen and oxygen atoms in total. The topological polar surface area (TPSA) is 46.6 Å². The predicted octanol–water partition coefficient (Wildman–Crippen LogP) is 1.44. The SMILES string of the molecule is CCOC(=O)CN(CC)C(=O)C1CC2CC2C1. The molecule has 0 aromatic heterocycles. The van der Waals surface area contributed by atoms with Gasteiger partial charge in [0.1, 0.15) is 6.54 Å². The lowest BCUT2D eigenvalue weighted by atomic mass is 10.0. The van der Waals surface area contributed by atoms with Gasteiger partial charge in [-0.2, -0.15) is 0 Å². The number of amides is 1. The van der Waals surface area contributed by atoms with Gasteiger partial charge in [-0.3, -0.25) is 9.59 Å². The first-order chi connectivity index (χ1) is 8.15. The summed E-state index contributed by atoms with van der Waals surface area (Å²) in [6, 6.07) is 0. The molecular formula is C13H21NO3. The minimum atomic E-state index is -0.300. The van der Waals surface area contributed by atoms with Crippen molar-refractivity contribution >= 4 is 11.9 Å². The summed E-state index contributed by atoms with van der Waals surface area (Å²) in [5.74, 6) is 1.60. The van der Waals surface area contributed by atoms with Crippen molar-refractivity contribution in [3.63, 3.8) is 0 Å². The molecule has 0 radical (unpaired) electrons. The van der Waals surface area contributed by atoms with E-state index >= 15 is 0 Å². The maximum Gasteiger partial charge on any atom is 0.325 e. The highest BCUT2D eigenvalue weighted by molar-refractivity contribution is 5.84. The van der Waals surface area contributed by atoms with Crippen LogP contribution < -0.4 is 0 Å². The zero-order chi connectivity index (χ0) is 12.4. The lowest BCUT2D eigenvalue weighted by molar-refractivity contribution is -0.150. The monoisotopic (exact) mass is 239 g/mol. The number of ether oxygens (including phenoxy) is 1. The number of hydrogen-bond acceptors (Lipinski definition) is 3. The van der Waals surface area contributed by atoms with Gasteiger partial charge in [-0.15, -0.1) is 0 Å². The first-order valence-corrected chi connectivity index (χ1v) is 6.60. The van der Waals surface area contributed by atoms with E-state index in [2.05, 4.69) is 0 Å². The van der Waals surface area contributed by atoms with Gasteiger partial charge in [-0.1, -0.05) is 0 Å². The van der Waals surface area contributed by atoms with E-state index in [1.807, 2.05) is 6.92 Å². The maximum atomic E-state index is 12.2. The highest BCUT2D eigenvalue weighted by atomic mass is 16.5. The van der Waals surface area contributed by atoms with E-state index in [1.165, 1.54) is 6.42 Å². The van der Waals surface area contributed by atoms with Crippen molar-refractivity contribution in [2.24, 2.45) is 17.8 Å². The fraction of sp³-hybridized carbons (Fsp3) is 0.846. The van der Waals surface area contributed by atoms with Crippen LogP contribution in [0.2, 0.25) is 0 Å². The van der Waals surface area contributed by atoms with Gasteiger partial charge in [-0.25, -0.2) is 0 Å². The molecule has 2 saturated carbocycles. The van der Waals surface area contributed by atoms with E-state index in [0.29, 0.717) is 13.2 Å². The summed E-state index contributed by atoms with van der Waals surface area (Å²) in [6.07, 6.45) is 3.37. The maximum absolute atomic E-state index is 12.2. The molecule has 17 heavy (non-hydrogen) atoms. The third-order valence-corrected chi connectivity index (χ3v) is 3.91. The Hall–Kier alpha value is -1.06. The van der Waals surface area contributed by atoms with Crippen LogP contribution in [0.5, 0.6) is 0 Å². The number of esters is 1. The molecule has 2 unspecified atom stereocenters. The van der Waals surface area contributed by atoms with E-state index in [4.69, 9.17) is 4.74 Å². The molecule has 2 fully saturated rings. The van der Waals surface area contributed by atoms with Crippen molar-refractivity contribution in [1.29, 1.82) is 0 Å². The number of fused-ring (bicyclic) bond motifs is 1. The number of carbonyl (C=O) groups excluding carboxylic acids is 2. The fourth-order valence-corrected chi connectivity index (χ4v) is 2.88. The van der Waals surface area contributed by atoms with E-state index < -0.39 is 0 Å². The Morgan fingerprint density at radius 3 is 2.35 bits per heavy atom. The molecule has 2 aliphatic rings. The Morgan fingerprint density at radius 1 is 1.18 bits per heavy atom. The minimum absolute atomic E-state index is 0.106. The van der Waals surface area contributed by atoms with Crippen LogP contribution in [-0.2, 0) is 14.3 Å². The Bertz CT molecular complexity index is 306. The van der Waals surface area contributed by atoms with Crippen LogP contribution in [0.1, 0.15) is 33.1 Å². The molecule has 2 atom stereocenters. The van der Waals surface area contributed by atoms with E-state index in [1.54, 1.807) is 11.8 Å². The van der Waals surface area contributed by atoms with Gasteiger partial charge in [-0.05, 0) is 44.9 Å². The molecule has 0 N–H and O–H groups in total.